The second-order valence-corrected chi connectivity index (χ2v) is 7.00. The highest BCUT2D eigenvalue weighted by atomic mass is 16.5. The van der Waals surface area contributed by atoms with Crippen molar-refractivity contribution >= 4 is 11.5 Å². The number of nitrogens with two attached hydrogens (primary N) is 1. The average molecular weight is 371 g/mol. The van der Waals surface area contributed by atoms with Gasteiger partial charge in [-0.15, -0.1) is 0 Å². The fourth-order valence-electron chi connectivity index (χ4n) is 3.97. The zero-order valence-electron chi connectivity index (χ0n) is 15.6. The number of aromatic nitrogens is 5. The SMILES string of the molecule is CO.Cn1cc(-c2cnn3c(N)cc(C4CCC5COCN5C4)nc23)cn1. The average Bonchev–Trinajstić information content (AvgIpc) is 3.41. The Morgan fingerprint density at radius 2 is 2.07 bits per heavy atom. The lowest BCUT2D eigenvalue weighted by atomic mass is 9.91. The van der Waals surface area contributed by atoms with Crippen LogP contribution in [0.2, 0.25) is 0 Å². The van der Waals surface area contributed by atoms with Crippen molar-refractivity contribution in [2.75, 3.05) is 32.7 Å². The van der Waals surface area contributed by atoms with Crippen molar-refractivity contribution in [3.05, 3.63) is 30.4 Å². The lowest BCUT2D eigenvalue weighted by Crippen LogP contribution is -2.39. The van der Waals surface area contributed by atoms with Crippen LogP contribution in [0.5, 0.6) is 0 Å². The molecule has 2 fully saturated rings. The molecule has 9 nitrogen and oxygen atoms in total. The predicted molar refractivity (Wildman–Crippen MR) is 101 cm³/mol. The highest BCUT2D eigenvalue weighted by molar-refractivity contribution is 5.77. The molecule has 144 valence electrons. The quantitative estimate of drug-likeness (QED) is 0.688. The number of anilines is 1. The number of hydrogen-bond donors (Lipinski definition) is 2. The third kappa shape index (κ3) is 3.18. The fourth-order valence-corrected chi connectivity index (χ4v) is 3.97. The van der Waals surface area contributed by atoms with E-state index in [4.69, 9.17) is 20.6 Å². The van der Waals surface area contributed by atoms with Crippen LogP contribution in [0.15, 0.2) is 24.7 Å². The van der Waals surface area contributed by atoms with Gasteiger partial charge in [-0.05, 0) is 12.8 Å². The molecule has 0 bridgehead atoms. The first-order valence-electron chi connectivity index (χ1n) is 9.09. The van der Waals surface area contributed by atoms with E-state index >= 15 is 0 Å². The molecule has 9 heteroatoms. The van der Waals surface area contributed by atoms with E-state index in [1.807, 2.05) is 31.7 Å². The molecule has 2 aliphatic rings. The van der Waals surface area contributed by atoms with E-state index in [9.17, 15) is 0 Å². The normalized spacial score (nSPS) is 22.5. The summed E-state index contributed by atoms with van der Waals surface area (Å²) in [6.45, 7) is 2.56. The molecule has 0 aliphatic carbocycles. The molecule has 2 saturated heterocycles. The number of hydrogen-bond acceptors (Lipinski definition) is 7. The molecule has 2 atom stereocenters. The van der Waals surface area contributed by atoms with Crippen LogP contribution in [-0.4, -0.2) is 67.4 Å². The zero-order chi connectivity index (χ0) is 19.0. The molecule has 2 aliphatic heterocycles. The summed E-state index contributed by atoms with van der Waals surface area (Å²) >= 11 is 0. The van der Waals surface area contributed by atoms with Gasteiger partial charge in [0, 0.05) is 56.1 Å². The molecule has 3 aromatic heterocycles. The Balaban J connectivity index is 0.000000872. The summed E-state index contributed by atoms with van der Waals surface area (Å²) in [4.78, 5) is 7.35. The standard InChI is InChI=1S/C17H21N7O.CH4O/c1-22-7-12(5-19-22)14-6-20-24-16(18)4-15(21-17(14)24)11-2-3-13-9-25-10-23(13)8-11;1-2/h4-7,11,13H,2-3,8-10,18H2,1H3;2H,1H3. The molecular weight excluding hydrogens is 346 g/mol. The molecule has 5 heterocycles. The number of fused-ring (bicyclic) bond motifs is 2. The van der Waals surface area contributed by atoms with Crippen LogP contribution in [0.1, 0.15) is 24.5 Å². The Morgan fingerprint density at radius 3 is 2.85 bits per heavy atom. The van der Waals surface area contributed by atoms with Gasteiger partial charge in [0.15, 0.2) is 5.65 Å². The van der Waals surface area contributed by atoms with Gasteiger partial charge in [-0.2, -0.15) is 14.7 Å². The van der Waals surface area contributed by atoms with Crippen LogP contribution in [0.25, 0.3) is 16.8 Å². The Morgan fingerprint density at radius 1 is 1.22 bits per heavy atom. The molecule has 0 aromatic carbocycles. The van der Waals surface area contributed by atoms with E-state index in [0.717, 1.165) is 62.3 Å². The van der Waals surface area contributed by atoms with E-state index in [0.29, 0.717) is 17.8 Å². The smallest absolute Gasteiger partial charge is 0.165 e. The van der Waals surface area contributed by atoms with Crippen molar-refractivity contribution in [1.82, 2.24) is 29.3 Å². The van der Waals surface area contributed by atoms with Gasteiger partial charge in [0.1, 0.15) is 5.82 Å². The minimum atomic E-state index is 0.377. The predicted octanol–water partition coefficient (Wildman–Crippen LogP) is 0.856. The molecule has 0 saturated carbocycles. The van der Waals surface area contributed by atoms with Crippen LogP contribution in [0.3, 0.4) is 0 Å². The summed E-state index contributed by atoms with van der Waals surface area (Å²) in [5.74, 6) is 0.997. The Hall–Kier alpha value is -2.49. The summed E-state index contributed by atoms with van der Waals surface area (Å²) in [6, 6.07) is 2.54. The van der Waals surface area contributed by atoms with E-state index in [2.05, 4.69) is 15.1 Å². The summed E-state index contributed by atoms with van der Waals surface area (Å²) in [5, 5.41) is 15.7. The first-order chi connectivity index (χ1) is 13.2. The van der Waals surface area contributed by atoms with E-state index in [-0.39, 0.29) is 0 Å². The number of aliphatic hydroxyl groups excluding tert-OH is 1. The molecule has 5 rings (SSSR count). The Kier molecular flexibility index (Phi) is 4.81. The highest BCUT2D eigenvalue weighted by Gasteiger charge is 2.33. The van der Waals surface area contributed by atoms with Gasteiger partial charge in [-0.25, -0.2) is 4.98 Å². The van der Waals surface area contributed by atoms with Crippen molar-refractivity contribution in [2.45, 2.75) is 24.8 Å². The van der Waals surface area contributed by atoms with Crippen LogP contribution in [0, 0.1) is 0 Å². The number of ether oxygens (including phenoxy) is 1. The second kappa shape index (κ2) is 7.26. The molecule has 3 N–H and O–H groups in total. The third-order valence-corrected chi connectivity index (χ3v) is 5.34. The maximum absolute atomic E-state index is 7.00. The number of nitrogen functional groups attached to an aromatic ring is 1. The van der Waals surface area contributed by atoms with E-state index < -0.39 is 0 Å². The van der Waals surface area contributed by atoms with Gasteiger partial charge in [0.2, 0.25) is 0 Å². The minimum absolute atomic E-state index is 0.377. The summed E-state index contributed by atoms with van der Waals surface area (Å²) < 4.78 is 9.08. The molecule has 0 amide bonds. The lowest BCUT2D eigenvalue weighted by molar-refractivity contribution is 0.122. The van der Waals surface area contributed by atoms with Crippen LogP contribution < -0.4 is 5.73 Å². The molecule has 0 spiro atoms. The molecule has 0 radical (unpaired) electrons. The van der Waals surface area contributed by atoms with Gasteiger partial charge in [0.05, 0.1) is 31.4 Å². The van der Waals surface area contributed by atoms with Gasteiger partial charge >= 0.3 is 0 Å². The third-order valence-electron chi connectivity index (χ3n) is 5.34. The monoisotopic (exact) mass is 371 g/mol. The lowest BCUT2D eigenvalue weighted by Gasteiger charge is -2.33. The maximum Gasteiger partial charge on any atom is 0.165 e. The Labute approximate surface area is 157 Å². The number of piperidine rings is 1. The van der Waals surface area contributed by atoms with Gasteiger partial charge < -0.3 is 15.6 Å². The first kappa shape index (κ1) is 17.9. The largest absolute Gasteiger partial charge is 0.400 e. The molecule has 2 unspecified atom stereocenters. The number of rotatable bonds is 2. The van der Waals surface area contributed by atoms with E-state index in [1.165, 1.54) is 0 Å². The minimum Gasteiger partial charge on any atom is -0.400 e. The molecule has 3 aromatic rings. The van der Waals surface area contributed by atoms with Crippen LogP contribution in [0.4, 0.5) is 5.82 Å². The Bertz CT molecular complexity index is 935. The van der Waals surface area contributed by atoms with Gasteiger partial charge in [0.25, 0.3) is 0 Å². The number of aryl methyl sites for hydroxylation is 1. The highest BCUT2D eigenvalue weighted by Crippen LogP contribution is 2.33. The van der Waals surface area contributed by atoms with Crippen LogP contribution in [-0.2, 0) is 11.8 Å². The number of nitrogens with zero attached hydrogens (tertiary/aromatic N) is 6. The van der Waals surface area contributed by atoms with Gasteiger partial charge in [-0.3, -0.25) is 9.58 Å². The fraction of sp³-hybridized carbons (Fsp3) is 0.500. The number of aliphatic hydroxyl groups is 1. The summed E-state index contributed by atoms with van der Waals surface area (Å²) in [5.41, 5.74) is 10.1. The van der Waals surface area contributed by atoms with Crippen molar-refractivity contribution in [3.8, 4) is 11.1 Å². The van der Waals surface area contributed by atoms with Crippen molar-refractivity contribution in [3.63, 3.8) is 0 Å². The van der Waals surface area contributed by atoms with Gasteiger partial charge in [-0.1, -0.05) is 0 Å². The topological polar surface area (TPSA) is 107 Å². The van der Waals surface area contributed by atoms with Crippen LogP contribution >= 0.6 is 0 Å². The first-order valence-corrected chi connectivity index (χ1v) is 9.09. The summed E-state index contributed by atoms with van der Waals surface area (Å²) in [6.07, 6.45) is 7.86. The van der Waals surface area contributed by atoms with Crippen molar-refractivity contribution in [2.24, 2.45) is 7.05 Å². The maximum atomic E-state index is 7.00. The van der Waals surface area contributed by atoms with Crippen molar-refractivity contribution in [1.29, 1.82) is 0 Å². The van der Waals surface area contributed by atoms with Crippen molar-refractivity contribution < 1.29 is 9.84 Å². The summed E-state index contributed by atoms with van der Waals surface area (Å²) in [7, 11) is 2.90. The zero-order valence-corrected chi connectivity index (χ0v) is 15.6. The molecular formula is C18H25N7O2. The second-order valence-electron chi connectivity index (χ2n) is 7.00. The molecule has 27 heavy (non-hydrogen) atoms. The van der Waals surface area contributed by atoms with E-state index in [1.54, 1.807) is 9.20 Å².